The Morgan fingerprint density at radius 1 is 1.15 bits per heavy atom. The van der Waals surface area contributed by atoms with Crippen molar-refractivity contribution in [1.29, 1.82) is 0 Å². The fraction of sp³-hybridized carbons (Fsp3) is 0.500. The van der Waals surface area contributed by atoms with Crippen LogP contribution in [0.4, 0.5) is 21.6 Å². The molecule has 0 saturated carbocycles. The van der Waals surface area contributed by atoms with E-state index in [0.29, 0.717) is 31.0 Å². The van der Waals surface area contributed by atoms with Gasteiger partial charge in [-0.15, -0.1) is 0 Å². The lowest BCUT2D eigenvalue weighted by Crippen LogP contribution is -2.43. The van der Waals surface area contributed by atoms with E-state index in [9.17, 15) is 9.59 Å². The number of nitrogens with zero attached hydrogens (tertiary/aromatic N) is 6. The summed E-state index contributed by atoms with van der Waals surface area (Å²) in [5.41, 5.74) is 0.490. The first-order valence-electron chi connectivity index (χ1n) is 13.4. The molecule has 3 aromatic heterocycles. The standard InChI is InChI=1S/C28H35N7O3S/c1-18-31-24(33-26-30-16-23(39-26)20-7-10-29-11-8-20)15-25(32-18)34-13-9-19(17-34)14-22(36)21-6-5-12-35(21)27(37)38-28(2,3)4/h7-8,10-11,15-16,19,21H,5-6,9,12-14,17H2,1-4H3,(H,30,31,32,33)/t19-,21+/m1/s1. The van der Waals surface area contributed by atoms with Crippen molar-refractivity contribution >= 4 is 40.0 Å². The molecule has 2 saturated heterocycles. The van der Waals surface area contributed by atoms with E-state index < -0.39 is 11.7 Å². The van der Waals surface area contributed by atoms with Crippen molar-refractivity contribution in [3.8, 4) is 10.4 Å². The highest BCUT2D eigenvalue weighted by Crippen LogP contribution is 2.32. The molecular formula is C28H35N7O3S. The van der Waals surface area contributed by atoms with Crippen LogP contribution in [-0.4, -0.2) is 68.0 Å². The van der Waals surface area contributed by atoms with Crippen molar-refractivity contribution in [2.45, 2.75) is 65.0 Å². The Morgan fingerprint density at radius 2 is 1.95 bits per heavy atom. The average Bonchev–Trinajstić information content (AvgIpc) is 3.64. The van der Waals surface area contributed by atoms with Crippen molar-refractivity contribution in [3.05, 3.63) is 42.6 Å². The molecule has 0 radical (unpaired) electrons. The summed E-state index contributed by atoms with van der Waals surface area (Å²) in [4.78, 5) is 48.5. The Morgan fingerprint density at radius 3 is 2.72 bits per heavy atom. The number of anilines is 3. The number of aromatic nitrogens is 4. The molecule has 0 unspecified atom stereocenters. The van der Waals surface area contributed by atoms with Crippen LogP contribution in [0.25, 0.3) is 10.4 Å². The molecule has 0 aliphatic carbocycles. The van der Waals surface area contributed by atoms with Gasteiger partial charge in [0, 0.05) is 50.7 Å². The number of ketones is 1. The molecule has 2 fully saturated rings. The average molecular weight is 550 g/mol. The van der Waals surface area contributed by atoms with Gasteiger partial charge in [0.15, 0.2) is 10.9 Å². The summed E-state index contributed by atoms with van der Waals surface area (Å²) in [6.07, 6.45) is 7.86. The van der Waals surface area contributed by atoms with E-state index in [4.69, 9.17) is 4.74 Å². The molecule has 5 rings (SSSR count). The van der Waals surface area contributed by atoms with Gasteiger partial charge in [0.25, 0.3) is 0 Å². The summed E-state index contributed by atoms with van der Waals surface area (Å²) in [7, 11) is 0. The Bertz CT molecular complexity index is 1320. The number of aryl methyl sites for hydroxylation is 1. The van der Waals surface area contributed by atoms with Crippen LogP contribution in [0, 0.1) is 12.8 Å². The fourth-order valence-corrected chi connectivity index (χ4v) is 5.97. The second-order valence-corrected chi connectivity index (χ2v) is 12.2. The maximum absolute atomic E-state index is 13.2. The fourth-order valence-electron chi connectivity index (χ4n) is 5.14. The van der Waals surface area contributed by atoms with Gasteiger partial charge in [-0.1, -0.05) is 11.3 Å². The van der Waals surface area contributed by atoms with Gasteiger partial charge >= 0.3 is 6.09 Å². The molecular weight excluding hydrogens is 514 g/mol. The Kier molecular flexibility index (Phi) is 7.79. The largest absolute Gasteiger partial charge is 0.444 e. The van der Waals surface area contributed by atoms with Gasteiger partial charge in [-0.2, -0.15) is 0 Å². The first-order valence-corrected chi connectivity index (χ1v) is 14.2. The Hall–Kier alpha value is -3.60. The van der Waals surface area contributed by atoms with Crippen LogP contribution in [0.15, 0.2) is 36.8 Å². The molecule has 0 aromatic carbocycles. The minimum Gasteiger partial charge on any atom is -0.444 e. The molecule has 1 amide bonds. The zero-order valence-electron chi connectivity index (χ0n) is 22.9. The molecule has 11 heteroatoms. The van der Waals surface area contributed by atoms with Crippen LogP contribution in [0.3, 0.4) is 0 Å². The molecule has 1 N–H and O–H groups in total. The quantitative estimate of drug-likeness (QED) is 0.423. The molecule has 39 heavy (non-hydrogen) atoms. The maximum Gasteiger partial charge on any atom is 0.410 e. The van der Waals surface area contributed by atoms with E-state index in [0.717, 1.165) is 47.3 Å². The molecule has 206 valence electrons. The number of ether oxygens (including phenoxy) is 1. The van der Waals surface area contributed by atoms with Crippen LogP contribution in [-0.2, 0) is 9.53 Å². The molecule has 2 atom stereocenters. The van der Waals surface area contributed by atoms with Crippen molar-refractivity contribution in [1.82, 2.24) is 24.8 Å². The third kappa shape index (κ3) is 6.70. The molecule has 5 heterocycles. The lowest BCUT2D eigenvalue weighted by molar-refractivity contribution is -0.124. The lowest BCUT2D eigenvalue weighted by Gasteiger charge is -2.28. The smallest absolute Gasteiger partial charge is 0.410 e. The zero-order chi connectivity index (χ0) is 27.6. The van der Waals surface area contributed by atoms with Gasteiger partial charge in [-0.05, 0) is 70.6 Å². The molecule has 0 bridgehead atoms. The second kappa shape index (κ2) is 11.3. The number of carbonyl (C=O) groups is 2. The molecule has 2 aliphatic heterocycles. The predicted molar refractivity (Wildman–Crippen MR) is 151 cm³/mol. The van der Waals surface area contributed by atoms with E-state index in [2.05, 4.69) is 30.2 Å². The van der Waals surface area contributed by atoms with Gasteiger partial charge in [0.1, 0.15) is 23.1 Å². The highest BCUT2D eigenvalue weighted by atomic mass is 32.1. The molecule has 2 aliphatic rings. The van der Waals surface area contributed by atoms with Gasteiger partial charge in [0.2, 0.25) is 0 Å². The number of hydrogen-bond donors (Lipinski definition) is 1. The molecule has 3 aromatic rings. The van der Waals surface area contributed by atoms with Crippen molar-refractivity contribution in [3.63, 3.8) is 0 Å². The van der Waals surface area contributed by atoms with E-state index in [1.165, 1.54) is 0 Å². The number of hydrogen-bond acceptors (Lipinski definition) is 10. The van der Waals surface area contributed by atoms with E-state index in [-0.39, 0.29) is 17.7 Å². The first-order chi connectivity index (χ1) is 18.6. The minimum absolute atomic E-state index is 0.125. The number of carbonyl (C=O) groups excluding carboxylic acids is 2. The summed E-state index contributed by atoms with van der Waals surface area (Å²) in [5.74, 6) is 2.53. The highest BCUT2D eigenvalue weighted by molar-refractivity contribution is 7.18. The number of thiazole rings is 1. The van der Waals surface area contributed by atoms with Crippen LogP contribution < -0.4 is 10.2 Å². The van der Waals surface area contributed by atoms with Crippen molar-refractivity contribution in [2.75, 3.05) is 29.9 Å². The summed E-state index contributed by atoms with van der Waals surface area (Å²) in [5, 5.41) is 4.07. The molecule has 10 nitrogen and oxygen atoms in total. The third-order valence-corrected chi connectivity index (χ3v) is 7.84. The Labute approximate surface area is 232 Å². The molecule has 0 spiro atoms. The van der Waals surface area contributed by atoms with Gasteiger partial charge in [-0.3, -0.25) is 14.7 Å². The summed E-state index contributed by atoms with van der Waals surface area (Å²) >= 11 is 1.55. The van der Waals surface area contributed by atoms with Crippen molar-refractivity contribution in [2.24, 2.45) is 5.92 Å². The number of amides is 1. The van der Waals surface area contributed by atoms with E-state index >= 15 is 0 Å². The van der Waals surface area contributed by atoms with Crippen LogP contribution in [0.1, 0.15) is 52.3 Å². The monoisotopic (exact) mass is 549 g/mol. The normalized spacial score (nSPS) is 19.4. The summed E-state index contributed by atoms with van der Waals surface area (Å²) < 4.78 is 5.54. The van der Waals surface area contributed by atoms with E-state index in [1.54, 1.807) is 28.6 Å². The SMILES string of the molecule is Cc1nc(Nc2ncc(-c3ccncc3)s2)cc(N2CC[C@H](CC(=O)[C@@H]3CCCN3C(=O)OC(C)(C)C)C2)n1. The summed E-state index contributed by atoms with van der Waals surface area (Å²) in [6.45, 7) is 9.54. The predicted octanol–water partition coefficient (Wildman–Crippen LogP) is 5.23. The van der Waals surface area contributed by atoms with E-state index in [1.807, 2.05) is 52.1 Å². The van der Waals surface area contributed by atoms with Crippen molar-refractivity contribution < 1.29 is 14.3 Å². The topological polar surface area (TPSA) is 113 Å². The summed E-state index contributed by atoms with van der Waals surface area (Å²) in [6, 6.07) is 5.47. The minimum atomic E-state index is -0.579. The number of pyridine rings is 1. The van der Waals surface area contributed by atoms with Crippen LogP contribution in [0.5, 0.6) is 0 Å². The zero-order valence-corrected chi connectivity index (χ0v) is 23.7. The number of likely N-dealkylation sites (tertiary alicyclic amines) is 1. The number of rotatable bonds is 7. The van der Waals surface area contributed by atoms with Crippen LogP contribution >= 0.6 is 11.3 Å². The maximum atomic E-state index is 13.2. The second-order valence-electron chi connectivity index (χ2n) is 11.2. The highest BCUT2D eigenvalue weighted by Gasteiger charge is 2.38. The lowest BCUT2D eigenvalue weighted by atomic mass is 9.97. The number of Topliss-reactive ketones (excluding diaryl/α,β-unsaturated/α-hetero) is 1. The first kappa shape index (κ1) is 27.0. The number of nitrogens with one attached hydrogen (secondary N) is 1. The van der Waals surface area contributed by atoms with Gasteiger partial charge < -0.3 is 15.0 Å². The third-order valence-electron chi connectivity index (χ3n) is 6.88. The van der Waals surface area contributed by atoms with Crippen LogP contribution in [0.2, 0.25) is 0 Å². The van der Waals surface area contributed by atoms with Gasteiger partial charge in [-0.25, -0.2) is 19.7 Å². The van der Waals surface area contributed by atoms with Gasteiger partial charge in [0.05, 0.1) is 10.9 Å². The Balaban J connectivity index is 1.20.